The molecule has 2 aromatic carbocycles. The number of carboxylic acid groups (broad SMARTS) is 1. The number of benzene rings is 2. The van der Waals surface area contributed by atoms with Crippen LogP contribution >= 0.6 is 0 Å². The van der Waals surface area contributed by atoms with E-state index in [9.17, 15) is 35.1 Å². The third-order valence-corrected chi connectivity index (χ3v) is 4.92. The van der Waals surface area contributed by atoms with Crippen LogP contribution in [-0.4, -0.2) is 62.2 Å². The fraction of sp³-hybridized carbons (Fsp3) is 0.238. The summed E-state index contributed by atoms with van der Waals surface area (Å²) in [4.78, 5) is 24.5. The molecule has 162 valence electrons. The average Bonchev–Trinajstić information content (AvgIpc) is 2.75. The lowest BCUT2D eigenvalue weighted by Crippen LogP contribution is -2.61. The van der Waals surface area contributed by atoms with Crippen LogP contribution in [0.2, 0.25) is 0 Å². The second-order valence-electron chi connectivity index (χ2n) is 6.99. The first-order valence-electron chi connectivity index (χ1n) is 9.22. The van der Waals surface area contributed by atoms with E-state index in [2.05, 4.69) is 0 Å². The number of aromatic hydroxyl groups is 1. The summed E-state index contributed by atoms with van der Waals surface area (Å²) in [5.74, 6) is -2.18. The molecule has 3 aromatic rings. The Bertz CT molecular complexity index is 1170. The number of phenols is 1. The summed E-state index contributed by atoms with van der Waals surface area (Å²) in [6.45, 7) is 0. The van der Waals surface area contributed by atoms with Gasteiger partial charge in [0.2, 0.25) is 17.5 Å². The Morgan fingerprint density at radius 3 is 2.35 bits per heavy atom. The predicted molar refractivity (Wildman–Crippen MR) is 105 cm³/mol. The molecule has 0 radical (unpaired) electrons. The largest absolute Gasteiger partial charge is 0.508 e. The first-order chi connectivity index (χ1) is 14.8. The molecule has 1 aliphatic rings. The Labute approximate surface area is 174 Å². The normalized spacial score (nSPS) is 26.0. The van der Waals surface area contributed by atoms with Crippen molar-refractivity contribution in [1.82, 2.24) is 0 Å². The van der Waals surface area contributed by atoms with Gasteiger partial charge in [0.1, 0.15) is 29.6 Å². The topological polar surface area (TPSA) is 167 Å². The van der Waals surface area contributed by atoms with E-state index in [-0.39, 0.29) is 22.5 Å². The first kappa shape index (κ1) is 20.8. The summed E-state index contributed by atoms with van der Waals surface area (Å²) < 4.78 is 16.5. The van der Waals surface area contributed by atoms with E-state index >= 15 is 0 Å². The summed E-state index contributed by atoms with van der Waals surface area (Å²) in [5.41, 5.74) is -0.191. The van der Waals surface area contributed by atoms with Gasteiger partial charge in [-0.1, -0.05) is 30.3 Å². The van der Waals surface area contributed by atoms with Crippen LogP contribution in [0.25, 0.3) is 22.3 Å². The van der Waals surface area contributed by atoms with Gasteiger partial charge in [-0.25, -0.2) is 4.79 Å². The molecule has 10 nitrogen and oxygen atoms in total. The molecular formula is C21H18O10. The molecule has 5 atom stereocenters. The highest BCUT2D eigenvalue weighted by atomic mass is 16.7. The summed E-state index contributed by atoms with van der Waals surface area (Å²) in [7, 11) is 0. The summed E-state index contributed by atoms with van der Waals surface area (Å²) >= 11 is 0. The lowest BCUT2D eigenvalue weighted by Gasteiger charge is -2.38. The van der Waals surface area contributed by atoms with Crippen LogP contribution in [-0.2, 0) is 9.53 Å². The Morgan fingerprint density at radius 1 is 0.968 bits per heavy atom. The minimum Gasteiger partial charge on any atom is -0.508 e. The number of ether oxygens (including phenoxy) is 2. The number of aliphatic hydroxyl groups excluding tert-OH is 3. The molecule has 0 spiro atoms. The summed E-state index contributed by atoms with van der Waals surface area (Å²) in [5, 5.41) is 49.1. The Hall–Kier alpha value is -3.44. The molecule has 1 aliphatic heterocycles. The number of hydrogen-bond acceptors (Lipinski definition) is 9. The van der Waals surface area contributed by atoms with Gasteiger partial charge in [-0.05, 0) is 12.1 Å². The Morgan fingerprint density at radius 2 is 1.68 bits per heavy atom. The number of rotatable bonds is 4. The number of aliphatic carboxylic acids is 1. The van der Waals surface area contributed by atoms with E-state index in [0.29, 0.717) is 5.56 Å². The third kappa shape index (κ3) is 3.73. The Kier molecular flexibility index (Phi) is 5.38. The van der Waals surface area contributed by atoms with Crippen LogP contribution in [0.15, 0.2) is 57.7 Å². The van der Waals surface area contributed by atoms with Crippen LogP contribution in [0.1, 0.15) is 0 Å². The minimum atomic E-state index is -1.91. The van der Waals surface area contributed by atoms with Crippen molar-refractivity contribution in [2.75, 3.05) is 0 Å². The predicted octanol–water partition coefficient (Wildman–Crippen LogP) is 0.437. The number of aliphatic hydroxyl groups is 3. The van der Waals surface area contributed by atoms with Crippen LogP contribution in [0, 0.1) is 0 Å². The van der Waals surface area contributed by atoms with Crippen LogP contribution in [0.3, 0.4) is 0 Å². The maximum Gasteiger partial charge on any atom is 0.335 e. The van der Waals surface area contributed by atoms with Crippen molar-refractivity contribution in [3.63, 3.8) is 0 Å². The van der Waals surface area contributed by atoms with Gasteiger partial charge in [-0.3, -0.25) is 4.79 Å². The molecule has 2 heterocycles. The zero-order valence-corrected chi connectivity index (χ0v) is 15.8. The first-order valence-corrected chi connectivity index (χ1v) is 9.22. The van der Waals surface area contributed by atoms with Gasteiger partial charge in [0, 0.05) is 11.6 Å². The molecular weight excluding hydrogens is 412 g/mol. The number of fused-ring (bicyclic) bond motifs is 1. The zero-order chi connectivity index (χ0) is 22.3. The van der Waals surface area contributed by atoms with Gasteiger partial charge in [0.15, 0.2) is 11.9 Å². The van der Waals surface area contributed by atoms with E-state index in [1.165, 1.54) is 18.2 Å². The minimum absolute atomic E-state index is 0.0492. The summed E-state index contributed by atoms with van der Waals surface area (Å²) in [6.07, 6.45) is -9.35. The van der Waals surface area contributed by atoms with Gasteiger partial charge < -0.3 is 39.4 Å². The van der Waals surface area contributed by atoms with Crippen molar-refractivity contribution >= 4 is 16.9 Å². The van der Waals surface area contributed by atoms with Gasteiger partial charge in [0.25, 0.3) is 0 Å². The molecule has 0 bridgehead atoms. The third-order valence-electron chi connectivity index (χ3n) is 4.92. The number of carbonyl (C=O) groups is 1. The van der Waals surface area contributed by atoms with Crippen LogP contribution < -0.4 is 10.2 Å². The highest BCUT2D eigenvalue weighted by Crippen LogP contribution is 2.34. The molecule has 5 N–H and O–H groups in total. The fourth-order valence-corrected chi connectivity index (χ4v) is 3.32. The SMILES string of the molecule is O=C(O)[C@H]1OC(Oc2c(-c3ccccc3)oc3cc(O)ccc3c2=O)[C@H](O)[C@@H](O)[C@@H]1O. The van der Waals surface area contributed by atoms with Crippen molar-refractivity contribution in [2.45, 2.75) is 30.7 Å². The second kappa shape index (κ2) is 8.00. The fourth-order valence-electron chi connectivity index (χ4n) is 3.32. The van der Waals surface area contributed by atoms with Gasteiger partial charge >= 0.3 is 5.97 Å². The average molecular weight is 430 g/mol. The van der Waals surface area contributed by atoms with Gasteiger partial charge in [-0.15, -0.1) is 0 Å². The number of hydrogen-bond donors (Lipinski definition) is 5. The number of carboxylic acids is 1. The molecule has 1 aromatic heterocycles. The molecule has 31 heavy (non-hydrogen) atoms. The molecule has 1 saturated heterocycles. The molecule has 0 aliphatic carbocycles. The summed E-state index contributed by atoms with van der Waals surface area (Å²) in [6, 6.07) is 12.2. The van der Waals surface area contributed by atoms with E-state index in [4.69, 9.17) is 13.9 Å². The zero-order valence-electron chi connectivity index (χ0n) is 15.8. The molecule has 10 heteroatoms. The van der Waals surface area contributed by atoms with Gasteiger partial charge in [0.05, 0.1) is 5.39 Å². The monoisotopic (exact) mass is 430 g/mol. The maximum absolute atomic E-state index is 13.1. The molecule has 0 saturated carbocycles. The van der Waals surface area contributed by atoms with Crippen molar-refractivity contribution < 1.29 is 44.2 Å². The van der Waals surface area contributed by atoms with Crippen molar-refractivity contribution in [1.29, 1.82) is 0 Å². The second-order valence-corrected chi connectivity index (χ2v) is 6.99. The molecule has 4 rings (SSSR count). The quantitative estimate of drug-likeness (QED) is 0.392. The van der Waals surface area contributed by atoms with E-state index < -0.39 is 47.9 Å². The maximum atomic E-state index is 13.1. The molecule has 0 amide bonds. The van der Waals surface area contributed by atoms with Crippen molar-refractivity contribution in [3.8, 4) is 22.8 Å². The molecule has 1 fully saturated rings. The van der Waals surface area contributed by atoms with Gasteiger partial charge in [-0.2, -0.15) is 0 Å². The lowest BCUT2D eigenvalue weighted by molar-refractivity contribution is -0.271. The lowest BCUT2D eigenvalue weighted by atomic mass is 9.99. The van der Waals surface area contributed by atoms with E-state index in [1.807, 2.05) is 0 Å². The highest BCUT2D eigenvalue weighted by Gasteiger charge is 2.48. The van der Waals surface area contributed by atoms with E-state index in [1.54, 1.807) is 30.3 Å². The smallest absolute Gasteiger partial charge is 0.335 e. The molecule has 1 unspecified atom stereocenters. The number of phenolic OH excluding ortho intramolecular Hbond substituents is 1. The van der Waals surface area contributed by atoms with Crippen molar-refractivity contribution in [2.24, 2.45) is 0 Å². The van der Waals surface area contributed by atoms with Crippen LogP contribution in [0.4, 0.5) is 0 Å². The Balaban J connectivity index is 1.84. The van der Waals surface area contributed by atoms with Crippen LogP contribution in [0.5, 0.6) is 11.5 Å². The van der Waals surface area contributed by atoms with Crippen molar-refractivity contribution in [3.05, 3.63) is 58.8 Å². The van der Waals surface area contributed by atoms with E-state index in [0.717, 1.165) is 0 Å². The standard InChI is InChI=1S/C21H18O10/c22-10-6-7-11-12(8-10)29-17(9-4-2-1-3-5-9)18(13(11)23)30-21-16(26)14(24)15(25)19(31-21)20(27)28/h1-8,14-16,19,21-22,24-26H,(H,27,28)/t14-,15-,16+,19-,21?/m0/s1. The highest BCUT2D eigenvalue weighted by molar-refractivity contribution is 5.83.